The number of imidazole rings is 1. The summed E-state index contributed by atoms with van der Waals surface area (Å²) in [7, 11) is 0. The first-order chi connectivity index (χ1) is 16.0. The zero-order valence-corrected chi connectivity index (χ0v) is 18.9. The Balaban J connectivity index is 1.35. The van der Waals surface area contributed by atoms with Crippen LogP contribution in [0.3, 0.4) is 0 Å². The lowest BCUT2D eigenvalue weighted by molar-refractivity contribution is -0.115. The normalized spacial score (nSPS) is 11.9. The Kier molecular flexibility index (Phi) is 6.88. The third-order valence-corrected chi connectivity index (χ3v) is 5.47. The number of nitrogens with one attached hydrogen (secondary N) is 3. The number of anilines is 1. The van der Waals surface area contributed by atoms with E-state index in [1.165, 1.54) is 0 Å². The number of rotatable bonds is 9. The van der Waals surface area contributed by atoms with Crippen molar-refractivity contribution in [2.45, 2.75) is 45.6 Å². The van der Waals surface area contributed by atoms with Crippen LogP contribution in [-0.2, 0) is 24.1 Å². The van der Waals surface area contributed by atoms with Crippen molar-refractivity contribution >= 4 is 28.5 Å². The van der Waals surface area contributed by atoms with Crippen molar-refractivity contribution in [1.29, 1.82) is 0 Å². The quantitative estimate of drug-likeness (QED) is 0.350. The Hall–Kier alpha value is -3.87. The lowest BCUT2D eigenvalue weighted by Gasteiger charge is -2.12. The van der Waals surface area contributed by atoms with Crippen LogP contribution in [0.15, 0.2) is 65.3 Å². The van der Waals surface area contributed by atoms with Crippen LogP contribution < -0.4 is 10.6 Å². The predicted molar refractivity (Wildman–Crippen MR) is 128 cm³/mol. The fourth-order valence-electron chi connectivity index (χ4n) is 3.68. The fraction of sp³-hybridized carbons (Fsp3) is 0.269. The number of aromatic nitrogens is 2. The number of furan rings is 1. The SMILES string of the molecule is CCC(=O)Nc1ccc(CCc2nc3ccc(C(=O)N[C@H](C)Cc4ccco4)cc3[nH]2)cc1. The topological polar surface area (TPSA) is 100 Å². The van der Waals surface area contributed by atoms with Gasteiger partial charge in [0.25, 0.3) is 5.91 Å². The summed E-state index contributed by atoms with van der Waals surface area (Å²) in [6, 6.07) is 17.1. The number of benzene rings is 2. The molecule has 2 aromatic carbocycles. The van der Waals surface area contributed by atoms with Crippen LogP contribution in [-0.4, -0.2) is 27.8 Å². The van der Waals surface area contributed by atoms with Gasteiger partial charge in [0.15, 0.2) is 0 Å². The molecule has 0 aliphatic heterocycles. The molecule has 7 heteroatoms. The summed E-state index contributed by atoms with van der Waals surface area (Å²) >= 11 is 0. The maximum Gasteiger partial charge on any atom is 0.251 e. The monoisotopic (exact) mass is 444 g/mol. The predicted octanol–water partition coefficient (Wildman–Crippen LogP) is 4.65. The third kappa shape index (κ3) is 5.88. The van der Waals surface area contributed by atoms with Gasteiger partial charge < -0.3 is 20.0 Å². The van der Waals surface area contributed by atoms with E-state index < -0.39 is 0 Å². The maximum atomic E-state index is 12.7. The van der Waals surface area contributed by atoms with Gasteiger partial charge in [-0.3, -0.25) is 9.59 Å². The Labute approximate surface area is 192 Å². The van der Waals surface area contributed by atoms with Crippen LogP contribution in [0.2, 0.25) is 0 Å². The molecule has 170 valence electrons. The number of hydrogen-bond acceptors (Lipinski definition) is 4. The molecule has 0 saturated heterocycles. The molecule has 2 amide bonds. The zero-order chi connectivity index (χ0) is 23.2. The highest BCUT2D eigenvalue weighted by molar-refractivity contribution is 5.97. The Morgan fingerprint density at radius 1 is 1.09 bits per heavy atom. The van der Waals surface area contributed by atoms with Gasteiger partial charge in [0, 0.05) is 36.6 Å². The minimum atomic E-state index is -0.123. The van der Waals surface area contributed by atoms with E-state index in [2.05, 4.69) is 20.6 Å². The zero-order valence-electron chi connectivity index (χ0n) is 18.9. The highest BCUT2D eigenvalue weighted by Gasteiger charge is 2.13. The molecule has 0 aliphatic carbocycles. The standard InChI is InChI=1S/C26H28N4O3/c1-3-25(31)28-20-10-6-18(7-11-20)8-13-24-29-22-12-9-19(16-23(22)30-24)26(32)27-17(2)15-21-5-4-14-33-21/h4-7,9-12,14,16-17H,3,8,13,15H2,1-2H3,(H,27,32)(H,28,31)(H,29,30)/t17-/m1/s1. The van der Waals surface area contributed by atoms with Crippen LogP contribution in [0.1, 0.15) is 47.8 Å². The second-order valence-corrected chi connectivity index (χ2v) is 8.17. The minimum absolute atomic E-state index is 0.00468. The first-order valence-corrected chi connectivity index (χ1v) is 11.2. The van der Waals surface area contributed by atoms with E-state index in [4.69, 9.17) is 4.42 Å². The molecular weight excluding hydrogens is 416 g/mol. The molecule has 4 rings (SSSR count). The van der Waals surface area contributed by atoms with Gasteiger partial charge in [0.1, 0.15) is 11.6 Å². The molecule has 2 aromatic heterocycles. The molecule has 7 nitrogen and oxygen atoms in total. The summed E-state index contributed by atoms with van der Waals surface area (Å²) in [4.78, 5) is 32.1. The summed E-state index contributed by atoms with van der Waals surface area (Å²) < 4.78 is 5.35. The Bertz CT molecular complexity index is 1230. The van der Waals surface area contributed by atoms with Gasteiger partial charge in [-0.25, -0.2) is 4.98 Å². The molecule has 2 heterocycles. The molecule has 0 bridgehead atoms. The third-order valence-electron chi connectivity index (χ3n) is 5.47. The van der Waals surface area contributed by atoms with E-state index in [0.29, 0.717) is 18.4 Å². The summed E-state index contributed by atoms with van der Waals surface area (Å²) in [5.74, 6) is 1.60. The average Bonchev–Trinajstić information content (AvgIpc) is 3.47. The number of hydrogen-bond donors (Lipinski definition) is 3. The first-order valence-electron chi connectivity index (χ1n) is 11.2. The number of aromatic amines is 1. The molecule has 0 radical (unpaired) electrons. The number of aryl methyl sites for hydroxylation is 2. The van der Waals surface area contributed by atoms with Crippen LogP contribution in [0.25, 0.3) is 11.0 Å². The van der Waals surface area contributed by atoms with Gasteiger partial charge in [-0.2, -0.15) is 0 Å². The summed E-state index contributed by atoms with van der Waals surface area (Å²) in [6.45, 7) is 3.78. The van der Waals surface area contributed by atoms with Crippen molar-refractivity contribution in [3.05, 3.63) is 83.6 Å². The largest absolute Gasteiger partial charge is 0.469 e. The second kappa shape index (κ2) is 10.2. The number of nitrogens with zero attached hydrogens (tertiary/aromatic N) is 1. The van der Waals surface area contributed by atoms with Crippen LogP contribution in [0, 0.1) is 0 Å². The average molecular weight is 445 g/mol. The minimum Gasteiger partial charge on any atom is -0.469 e. The molecule has 0 spiro atoms. The number of carbonyl (C=O) groups excluding carboxylic acids is 2. The summed E-state index contributed by atoms with van der Waals surface area (Å²) in [5, 5.41) is 5.87. The van der Waals surface area contributed by atoms with Gasteiger partial charge in [0.05, 0.1) is 17.3 Å². The smallest absolute Gasteiger partial charge is 0.251 e. The van der Waals surface area contributed by atoms with Crippen LogP contribution >= 0.6 is 0 Å². The van der Waals surface area contributed by atoms with E-state index in [-0.39, 0.29) is 17.9 Å². The highest BCUT2D eigenvalue weighted by atomic mass is 16.3. The van der Waals surface area contributed by atoms with Crippen molar-refractivity contribution in [2.75, 3.05) is 5.32 Å². The number of H-pyrrole nitrogens is 1. The van der Waals surface area contributed by atoms with E-state index in [1.54, 1.807) is 12.3 Å². The van der Waals surface area contributed by atoms with Crippen molar-refractivity contribution < 1.29 is 14.0 Å². The van der Waals surface area contributed by atoms with E-state index in [0.717, 1.165) is 46.7 Å². The Morgan fingerprint density at radius 2 is 1.91 bits per heavy atom. The Morgan fingerprint density at radius 3 is 2.64 bits per heavy atom. The fourth-order valence-corrected chi connectivity index (χ4v) is 3.68. The first kappa shape index (κ1) is 22.3. The molecule has 0 saturated carbocycles. The van der Waals surface area contributed by atoms with Gasteiger partial charge in [-0.1, -0.05) is 19.1 Å². The molecule has 3 N–H and O–H groups in total. The number of fused-ring (bicyclic) bond motifs is 1. The van der Waals surface area contributed by atoms with Crippen LogP contribution in [0.5, 0.6) is 0 Å². The molecule has 1 atom stereocenters. The van der Waals surface area contributed by atoms with Gasteiger partial charge in [-0.15, -0.1) is 0 Å². The van der Waals surface area contributed by atoms with Crippen molar-refractivity contribution in [2.24, 2.45) is 0 Å². The molecule has 0 aliphatic rings. The number of amides is 2. The van der Waals surface area contributed by atoms with Gasteiger partial charge >= 0.3 is 0 Å². The second-order valence-electron chi connectivity index (χ2n) is 8.17. The summed E-state index contributed by atoms with van der Waals surface area (Å²) in [6.07, 6.45) is 4.30. The van der Waals surface area contributed by atoms with Crippen molar-refractivity contribution in [3.8, 4) is 0 Å². The van der Waals surface area contributed by atoms with E-state index >= 15 is 0 Å². The molecular formula is C26H28N4O3. The van der Waals surface area contributed by atoms with E-state index in [1.807, 2.05) is 62.4 Å². The van der Waals surface area contributed by atoms with Crippen LogP contribution in [0.4, 0.5) is 5.69 Å². The maximum absolute atomic E-state index is 12.7. The lowest BCUT2D eigenvalue weighted by atomic mass is 10.1. The molecule has 4 aromatic rings. The molecule has 33 heavy (non-hydrogen) atoms. The van der Waals surface area contributed by atoms with Crippen molar-refractivity contribution in [1.82, 2.24) is 15.3 Å². The number of carbonyl (C=O) groups is 2. The lowest BCUT2D eigenvalue weighted by Crippen LogP contribution is -2.33. The van der Waals surface area contributed by atoms with Gasteiger partial charge in [0.2, 0.25) is 5.91 Å². The van der Waals surface area contributed by atoms with Crippen molar-refractivity contribution in [3.63, 3.8) is 0 Å². The summed E-state index contributed by atoms with van der Waals surface area (Å²) in [5.41, 5.74) is 4.24. The highest BCUT2D eigenvalue weighted by Crippen LogP contribution is 2.17. The van der Waals surface area contributed by atoms with Gasteiger partial charge in [-0.05, 0) is 61.4 Å². The molecule has 0 unspecified atom stereocenters. The van der Waals surface area contributed by atoms with E-state index in [9.17, 15) is 9.59 Å². The molecule has 0 fully saturated rings.